The van der Waals surface area contributed by atoms with Gasteiger partial charge in [-0.05, 0) is 5.70 Å². The van der Waals surface area contributed by atoms with Crippen molar-refractivity contribution in [3.8, 4) is 0 Å². The predicted molar refractivity (Wildman–Crippen MR) is 64.0 cm³/mol. The topological polar surface area (TPSA) is 3.24 Å². The molecule has 0 atom stereocenters. The molecule has 0 aromatic heterocycles. The van der Waals surface area contributed by atoms with Crippen LogP contribution in [-0.4, -0.2) is 17.9 Å². The summed E-state index contributed by atoms with van der Waals surface area (Å²) in [5.74, 6) is -4.40. The molecular formula is C14H9F5NY-. The molecule has 0 spiro atoms. The molecule has 0 saturated heterocycles. The zero-order valence-corrected chi connectivity index (χ0v) is 13.6. The summed E-state index contributed by atoms with van der Waals surface area (Å²) in [4.78, 5) is 1.07. The molecule has 1 nitrogen and oxygen atoms in total. The van der Waals surface area contributed by atoms with Gasteiger partial charge in [-0.2, -0.15) is 12.2 Å². The molecule has 1 aliphatic rings. The van der Waals surface area contributed by atoms with Crippen LogP contribution in [0, 0.1) is 23.5 Å². The SMILES string of the molecule is C=C1C=C[C-]=C(c2cc(F)c(F)c(F)c2)N1CC(F)F.[Y]. The Labute approximate surface area is 143 Å². The number of nitrogens with zero attached hydrogens (tertiary/aromatic N) is 1. The molecule has 0 saturated carbocycles. The minimum atomic E-state index is -2.68. The molecular weight excluding hydrogens is 366 g/mol. The first-order chi connectivity index (χ1) is 9.40. The van der Waals surface area contributed by atoms with Gasteiger partial charge < -0.3 is 4.90 Å². The van der Waals surface area contributed by atoms with Gasteiger partial charge in [-0.15, -0.1) is 6.08 Å². The Balaban J connectivity index is 0.00000220. The smallest absolute Gasteiger partial charge is 0.256 e. The van der Waals surface area contributed by atoms with Crippen LogP contribution in [0.3, 0.4) is 0 Å². The van der Waals surface area contributed by atoms with Gasteiger partial charge >= 0.3 is 0 Å². The van der Waals surface area contributed by atoms with E-state index in [0.717, 1.165) is 17.0 Å². The summed E-state index contributed by atoms with van der Waals surface area (Å²) in [7, 11) is 0. The molecule has 0 unspecified atom stereocenters. The fourth-order valence-corrected chi connectivity index (χ4v) is 1.81. The summed E-state index contributed by atoms with van der Waals surface area (Å²) >= 11 is 0. The van der Waals surface area contributed by atoms with E-state index in [2.05, 4.69) is 12.7 Å². The number of alkyl halides is 2. The summed E-state index contributed by atoms with van der Waals surface area (Å²) in [6.07, 6.45) is 2.75. The van der Waals surface area contributed by atoms with E-state index >= 15 is 0 Å². The zero-order valence-electron chi connectivity index (χ0n) is 10.7. The van der Waals surface area contributed by atoms with Crippen molar-refractivity contribution in [3.05, 3.63) is 65.7 Å². The summed E-state index contributed by atoms with van der Waals surface area (Å²) < 4.78 is 64.5. The van der Waals surface area contributed by atoms with E-state index in [1.54, 1.807) is 0 Å². The molecule has 0 aliphatic carbocycles. The molecule has 0 fully saturated rings. The van der Waals surface area contributed by atoms with Gasteiger partial charge in [-0.1, -0.05) is 30.0 Å². The summed E-state index contributed by atoms with van der Waals surface area (Å²) in [6, 6.07) is 1.46. The average Bonchev–Trinajstić information content (AvgIpc) is 2.37. The first kappa shape index (κ1) is 18.0. The van der Waals surface area contributed by atoms with Crippen LogP contribution in [0.4, 0.5) is 22.0 Å². The third-order valence-corrected chi connectivity index (χ3v) is 2.69. The molecule has 7 heteroatoms. The van der Waals surface area contributed by atoms with Crippen molar-refractivity contribution in [1.82, 2.24) is 4.90 Å². The molecule has 2 rings (SSSR count). The third kappa shape index (κ3) is 4.01. The minimum Gasteiger partial charge on any atom is -0.370 e. The van der Waals surface area contributed by atoms with E-state index in [9.17, 15) is 22.0 Å². The molecule has 1 aromatic rings. The van der Waals surface area contributed by atoms with Gasteiger partial charge in [-0.25, -0.2) is 22.0 Å². The first-order valence-electron chi connectivity index (χ1n) is 5.59. The van der Waals surface area contributed by atoms with Crippen LogP contribution in [0.1, 0.15) is 5.56 Å². The number of rotatable bonds is 3. The molecule has 0 bridgehead atoms. The van der Waals surface area contributed by atoms with Gasteiger partial charge in [0.15, 0.2) is 17.5 Å². The van der Waals surface area contributed by atoms with Crippen molar-refractivity contribution in [3.63, 3.8) is 0 Å². The summed E-state index contributed by atoms with van der Waals surface area (Å²) in [5, 5.41) is 0. The normalized spacial score (nSPS) is 14.3. The number of hydrogen-bond acceptors (Lipinski definition) is 1. The Kier molecular flexibility index (Phi) is 6.29. The summed E-state index contributed by atoms with van der Waals surface area (Å²) in [6.45, 7) is 2.87. The molecule has 0 amide bonds. The van der Waals surface area contributed by atoms with Gasteiger partial charge in [0.25, 0.3) is 6.43 Å². The molecule has 1 heterocycles. The van der Waals surface area contributed by atoms with Crippen LogP contribution in [0.2, 0.25) is 0 Å². The molecule has 1 radical (unpaired) electrons. The number of halogens is 5. The number of allylic oxidation sites excluding steroid dienone is 3. The van der Waals surface area contributed by atoms with Crippen molar-refractivity contribution >= 4 is 5.70 Å². The van der Waals surface area contributed by atoms with Gasteiger partial charge in [0, 0.05) is 32.7 Å². The van der Waals surface area contributed by atoms with Crippen LogP contribution in [0.25, 0.3) is 5.70 Å². The Morgan fingerprint density at radius 3 is 2.24 bits per heavy atom. The van der Waals surface area contributed by atoms with Gasteiger partial charge in [0.2, 0.25) is 0 Å². The van der Waals surface area contributed by atoms with Crippen molar-refractivity contribution in [2.24, 2.45) is 0 Å². The molecule has 1 aliphatic heterocycles. The minimum absolute atomic E-state index is 0. The summed E-state index contributed by atoms with van der Waals surface area (Å²) in [5.41, 5.74) is 0.146. The van der Waals surface area contributed by atoms with Gasteiger partial charge in [-0.3, -0.25) is 0 Å². The van der Waals surface area contributed by atoms with Crippen LogP contribution >= 0.6 is 0 Å². The van der Waals surface area contributed by atoms with Crippen LogP contribution in [0.5, 0.6) is 0 Å². The van der Waals surface area contributed by atoms with Crippen molar-refractivity contribution < 1.29 is 54.7 Å². The Hall–Kier alpha value is -1.01. The fraction of sp³-hybridized carbons (Fsp3) is 0.143. The van der Waals surface area contributed by atoms with E-state index in [0.29, 0.717) is 0 Å². The Bertz CT molecular complexity index is 586. The number of hydrogen-bond donors (Lipinski definition) is 0. The van der Waals surface area contributed by atoms with Crippen molar-refractivity contribution in [1.29, 1.82) is 0 Å². The first-order valence-corrected chi connectivity index (χ1v) is 5.59. The van der Waals surface area contributed by atoms with Crippen LogP contribution in [0.15, 0.2) is 36.6 Å². The quantitative estimate of drug-likeness (QED) is 0.440. The maximum atomic E-state index is 13.2. The second-order valence-corrected chi connectivity index (χ2v) is 4.07. The second kappa shape index (κ2) is 7.32. The second-order valence-electron chi connectivity index (χ2n) is 4.07. The Morgan fingerprint density at radius 1 is 1.14 bits per heavy atom. The van der Waals surface area contributed by atoms with E-state index in [1.807, 2.05) is 0 Å². The van der Waals surface area contributed by atoms with E-state index in [4.69, 9.17) is 0 Å². The fourth-order valence-electron chi connectivity index (χ4n) is 1.81. The van der Waals surface area contributed by atoms with Gasteiger partial charge in [0.1, 0.15) is 0 Å². The van der Waals surface area contributed by atoms with Crippen LogP contribution < -0.4 is 0 Å². The van der Waals surface area contributed by atoms with Crippen LogP contribution in [-0.2, 0) is 32.7 Å². The Morgan fingerprint density at radius 2 is 1.71 bits per heavy atom. The van der Waals surface area contributed by atoms with E-state index in [1.165, 1.54) is 12.2 Å². The third-order valence-electron chi connectivity index (χ3n) is 2.69. The zero-order chi connectivity index (χ0) is 14.9. The molecule has 0 N–H and O–H groups in total. The number of benzene rings is 1. The largest absolute Gasteiger partial charge is 0.370 e. The average molecular weight is 375 g/mol. The molecule has 21 heavy (non-hydrogen) atoms. The maximum absolute atomic E-state index is 13.2. The standard InChI is InChI=1S/C14H9F5N.Y/c1-8-3-2-4-12(20(8)7-13(17)18)9-5-10(15)14(19)11(16)6-9;/h2-3,5-6,13H,1,7H2;/q-1;. The maximum Gasteiger partial charge on any atom is 0.256 e. The van der Waals surface area contributed by atoms with Gasteiger partial charge in [0.05, 0.1) is 6.54 Å². The molecule has 109 valence electrons. The van der Waals surface area contributed by atoms with E-state index in [-0.39, 0.29) is 49.7 Å². The van der Waals surface area contributed by atoms with Crippen molar-refractivity contribution in [2.75, 3.05) is 6.54 Å². The monoisotopic (exact) mass is 375 g/mol. The van der Waals surface area contributed by atoms with Crippen molar-refractivity contribution in [2.45, 2.75) is 6.43 Å². The molecule has 1 aromatic carbocycles. The predicted octanol–water partition coefficient (Wildman–Crippen LogP) is 3.90. The van der Waals surface area contributed by atoms with E-state index < -0.39 is 30.4 Å².